The molecule has 5 rings (SSSR count). The molecule has 1 saturated heterocycles. The fourth-order valence-corrected chi connectivity index (χ4v) is 5.01. The van der Waals surface area contributed by atoms with Gasteiger partial charge in [-0.25, -0.2) is 4.98 Å². The summed E-state index contributed by atoms with van der Waals surface area (Å²) in [6.45, 7) is 3.68. The first kappa shape index (κ1) is 21.8. The lowest BCUT2D eigenvalue weighted by atomic mass is 9.91. The van der Waals surface area contributed by atoms with Gasteiger partial charge in [0.2, 0.25) is 0 Å². The maximum atomic E-state index is 13.4. The molecule has 1 aliphatic heterocycles. The Morgan fingerprint density at radius 3 is 2.16 bits per heavy atom. The molecule has 8 heteroatoms. The van der Waals surface area contributed by atoms with Gasteiger partial charge in [0.1, 0.15) is 5.82 Å². The first-order valence-electron chi connectivity index (χ1n) is 10.8. The summed E-state index contributed by atoms with van der Waals surface area (Å²) in [5.41, 5.74) is 1.16. The highest BCUT2D eigenvalue weighted by Crippen LogP contribution is 2.32. The van der Waals surface area contributed by atoms with Crippen LogP contribution >= 0.6 is 34.8 Å². The molecular weight excluding hydrogens is 467 g/mol. The Kier molecular flexibility index (Phi) is 6.17. The fraction of sp³-hybridized carbons (Fsp3) is 0.333. The average molecular weight is 490 g/mol. The summed E-state index contributed by atoms with van der Waals surface area (Å²) in [6.07, 6.45) is 3.93. The summed E-state index contributed by atoms with van der Waals surface area (Å²) in [5.74, 6) is 1.16. The minimum absolute atomic E-state index is 0.167. The van der Waals surface area contributed by atoms with Gasteiger partial charge in [-0.2, -0.15) is 0 Å². The van der Waals surface area contributed by atoms with Crippen molar-refractivity contribution < 1.29 is 0 Å². The van der Waals surface area contributed by atoms with Crippen LogP contribution in [0.4, 0.5) is 5.82 Å². The van der Waals surface area contributed by atoms with Crippen molar-refractivity contribution in [1.82, 2.24) is 14.5 Å². The highest BCUT2D eigenvalue weighted by molar-refractivity contribution is 6.36. The molecule has 0 spiro atoms. The number of aromatic nitrogens is 2. The van der Waals surface area contributed by atoms with Crippen LogP contribution in [0.5, 0.6) is 0 Å². The molecule has 0 unspecified atom stereocenters. The van der Waals surface area contributed by atoms with Gasteiger partial charge in [-0.15, -0.1) is 0 Å². The highest BCUT2D eigenvalue weighted by atomic mass is 35.5. The Hall–Kier alpha value is -2.05. The number of hydrogen-bond donors (Lipinski definition) is 0. The molecule has 5 nitrogen and oxygen atoms in total. The van der Waals surface area contributed by atoms with Crippen LogP contribution in [0.25, 0.3) is 17.1 Å². The van der Waals surface area contributed by atoms with Crippen LogP contribution in [0, 0.1) is 0 Å². The van der Waals surface area contributed by atoms with Gasteiger partial charge in [-0.05, 0) is 55.3 Å². The van der Waals surface area contributed by atoms with E-state index in [4.69, 9.17) is 39.8 Å². The Bertz CT molecular complexity index is 1180. The van der Waals surface area contributed by atoms with E-state index in [0.717, 1.165) is 32.2 Å². The van der Waals surface area contributed by atoms with E-state index in [1.807, 2.05) is 0 Å². The van der Waals surface area contributed by atoms with E-state index in [-0.39, 0.29) is 5.56 Å². The van der Waals surface area contributed by atoms with E-state index in [9.17, 15) is 4.79 Å². The zero-order chi connectivity index (χ0) is 22.2. The first-order chi connectivity index (χ1) is 15.5. The maximum absolute atomic E-state index is 13.4. The summed E-state index contributed by atoms with van der Waals surface area (Å²) in [6, 6.07) is 14.7. The molecule has 1 aromatic heterocycles. The van der Waals surface area contributed by atoms with Crippen LogP contribution in [0.15, 0.2) is 53.3 Å². The predicted octanol–water partition coefficient (Wildman–Crippen LogP) is 5.53. The minimum Gasteiger partial charge on any atom is -0.354 e. The third-order valence-electron chi connectivity index (χ3n) is 6.39. The lowest BCUT2D eigenvalue weighted by Gasteiger charge is -2.43. The van der Waals surface area contributed by atoms with E-state index in [1.54, 1.807) is 53.1 Å². The van der Waals surface area contributed by atoms with Crippen LogP contribution in [-0.4, -0.2) is 46.7 Å². The molecule has 0 amide bonds. The standard InChI is InChI=1S/C24H23Cl3N4O/c25-16-4-7-19(8-5-16)31-23(32)15-22(28-24(31)20-9-6-17(26)14-21(20)27)30-12-10-29(11-13-30)18-2-1-3-18/h4-9,14-15,18H,1-3,10-13H2. The van der Waals surface area contributed by atoms with Gasteiger partial charge in [0.15, 0.2) is 5.82 Å². The zero-order valence-corrected chi connectivity index (χ0v) is 19.7. The Morgan fingerprint density at radius 2 is 1.53 bits per heavy atom. The molecule has 2 aromatic carbocycles. The maximum Gasteiger partial charge on any atom is 0.260 e. The molecule has 2 aliphatic rings. The summed E-state index contributed by atoms with van der Waals surface area (Å²) >= 11 is 18.7. The summed E-state index contributed by atoms with van der Waals surface area (Å²) < 4.78 is 1.57. The number of rotatable bonds is 4. The molecule has 166 valence electrons. The van der Waals surface area contributed by atoms with Gasteiger partial charge in [0, 0.05) is 53.9 Å². The average Bonchev–Trinajstić information content (AvgIpc) is 2.73. The Morgan fingerprint density at radius 1 is 0.844 bits per heavy atom. The van der Waals surface area contributed by atoms with Crippen LogP contribution in [-0.2, 0) is 0 Å². The van der Waals surface area contributed by atoms with Crippen molar-refractivity contribution in [2.24, 2.45) is 0 Å². The van der Waals surface area contributed by atoms with E-state index in [0.29, 0.717) is 38.0 Å². The number of piperazine rings is 1. The third kappa shape index (κ3) is 4.27. The van der Waals surface area contributed by atoms with Crippen molar-refractivity contribution in [2.45, 2.75) is 25.3 Å². The highest BCUT2D eigenvalue weighted by Gasteiger charge is 2.29. The number of benzene rings is 2. The number of halogens is 3. The van der Waals surface area contributed by atoms with Gasteiger partial charge in [0.25, 0.3) is 5.56 Å². The summed E-state index contributed by atoms with van der Waals surface area (Å²) in [4.78, 5) is 23.0. The smallest absolute Gasteiger partial charge is 0.260 e. The summed E-state index contributed by atoms with van der Waals surface area (Å²) in [5, 5.41) is 1.57. The molecule has 0 radical (unpaired) electrons. The first-order valence-corrected chi connectivity index (χ1v) is 12.0. The predicted molar refractivity (Wildman–Crippen MR) is 132 cm³/mol. The van der Waals surface area contributed by atoms with E-state index < -0.39 is 0 Å². The van der Waals surface area contributed by atoms with E-state index in [1.165, 1.54) is 19.3 Å². The molecule has 32 heavy (non-hydrogen) atoms. The third-order valence-corrected chi connectivity index (χ3v) is 7.19. The normalized spacial score (nSPS) is 17.4. The Labute approximate surface area is 202 Å². The van der Waals surface area contributed by atoms with Crippen molar-refractivity contribution in [2.75, 3.05) is 31.1 Å². The molecule has 0 N–H and O–H groups in total. The van der Waals surface area contributed by atoms with Crippen molar-refractivity contribution in [1.29, 1.82) is 0 Å². The largest absolute Gasteiger partial charge is 0.354 e. The van der Waals surface area contributed by atoms with E-state index >= 15 is 0 Å². The van der Waals surface area contributed by atoms with Gasteiger partial charge in [0.05, 0.1) is 10.7 Å². The molecule has 2 heterocycles. The lowest BCUT2D eigenvalue weighted by Crippen LogP contribution is -2.52. The van der Waals surface area contributed by atoms with E-state index in [2.05, 4.69) is 9.80 Å². The van der Waals surface area contributed by atoms with Crippen LogP contribution in [0.1, 0.15) is 19.3 Å². The molecular formula is C24H23Cl3N4O. The number of nitrogens with zero attached hydrogens (tertiary/aromatic N) is 4. The van der Waals surface area contributed by atoms with Crippen LogP contribution in [0.2, 0.25) is 15.1 Å². The second kappa shape index (κ2) is 9.06. The topological polar surface area (TPSA) is 41.4 Å². The Balaban J connectivity index is 1.56. The van der Waals surface area contributed by atoms with Crippen molar-refractivity contribution in [3.8, 4) is 17.1 Å². The molecule has 1 saturated carbocycles. The molecule has 2 fully saturated rings. The van der Waals surface area contributed by atoms with Crippen LogP contribution in [0.3, 0.4) is 0 Å². The SMILES string of the molecule is O=c1cc(N2CCN(C3CCC3)CC2)nc(-c2ccc(Cl)cc2Cl)n1-c1ccc(Cl)cc1. The monoisotopic (exact) mass is 488 g/mol. The van der Waals surface area contributed by atoms with Crippen molar-refractivity contribution >= 4 is 40.6 Å². The zero-order valence-electron chi connectivity index (χ0n) is 17.5. The van der Waals surface area contributed by atoms with Crippen molar-refractivity contribution in [3.05, 3.63) is 74.0 Å². The quantitative estimate of drug-likeness (QED) is 0.483. The molecule has 1 aliphatic carbocycles. The molecule has 0 bridgehead atoms. The lowest BCUT2D eigenvalue weighted by molar-refractivity contribution is 0.120. The van der Waals surface area contributed by atoms with Crippen LogP contribution < -0.4 is 10.5 Å². The molecule has 0 atom stereocenters. The van der Waals surface area contributed by atoms with Gasteiger partial charge in [-0.1, -0.05) is 41.2 Å². The number of hydrogen-bond acceptors (Lipinski definition) is 4. The fourth-order valence-electron chi connectivity index (χ4n) is 4.39. The van der Waals surface area contributed by atoms with Gasteiger partial charge in [-0.3, -0.25) is 14.3 Å². The minimum atomic E-state index is -0.167. The van der Waals surface area contributed by atoms with Crippen molar-refractivity contribution in [3.63, 3.8) is 0 Å². The molecule has 3 aromatic rings. The summed E-state index contributed by atoms with van der Waals surface area (Å²) in [7, 11) is 0. The second-order valence-electron chi connectivity index (χ2n) is 8.32. The van der Waals surface area contributed by atoms with Gasteiger partial charge >= 0.3 is 0 Å². The number of anilines is 1. The second-order valence-corrected chi connectivity index (χ2v) is 9.60. The van der Waals surface area contributed by atoms with Gasteiger partial charge < -0.3 is 4.90 Å².